The third kappa shape index (κ3) is 3.99. The zero-order valence-corrected chi connectivity index (χ0v) is 13.8. The monoisotopic (exact) mass is 293 g/mol. The Kier molecular flexibility index (Phi) is 5.51. The minimum absolute atomic E-state index is 0.158. The second-order valence-corrected chi connectivity index (χ2v) is 7.11. The first-order chi connectivity index (χ1) is 9.54. The maximum Gasteiger partial charge on any atom is 0.0406 e. The van der Waals surface area contributed by atoms with Crippen LogP contribution in [-0.4, -0.2) is 11.4 Å². The van der Waals surface area contributed by atoms with Crippen molar-refractivity contribution >= 4 is 11.6 Å². The number of nitrogens with one attached hydrogen (secondary N) is 1. The van der Waals surface area contributed by atoms with Crippen molar-refractivity contribution in [2.24, 2.45) is 5.92 Å². The number of hydrogen-bond donors (Lipinski definition) is 1. The Morgan fingerprint density at radius 2 is 1.80 bits per heavy atom. The van der Waals surface area contributed by atoms with E-state index in [9.17, 15) is 0 Å². The molecule has 0 unspecified atom stereocenters. The Bertz CT molecular complexity index is 402. The van der Waals surface area contributed by atoms with E-state index in [0.717, 1.165) is 18.3 Å². The van der Waals surface area contributed by atoms with E-state index in [1.807, 2.05) is 0 Å². The van der Waals surface area contributed by atoms with Gasteiger partial charge in [0, 0.05) is 18.0 Å². The lowest BCUT2D eigenvalue weighted by molar-refractivity contribution is 0.216. The normalized spacial score (nSPS) is 26.9. The van der Waals surface area contributed by atoms with Gasteiger partial charge in [-0.3, -0.25) is 0 Å². The van der Waals surface area contributed by atoms with Crippen molar-refractivity contribution in [1.29, 1.82) is 0 Å². The minimum Gasteiger partial charge on any atom is -0.306 e. The molecule has 1 aromatic rings. The van der Waals surface area contributed by atoms with Crippen molar-refractivity contribution in [2.45, 2.75) is 64.5 Å². The topological polar surface area (TPSA) is 12.0 Å². The fourth-order valence-corrected chi connectivity index (χ4v) is 3.34. The fraction of sp³-hybridized carbons (Fsp3) is 0.667. The molecule has 0 amide bonds. The van der Waals surface area contributed by atoms with E-state index < -0.39 is 0 Å². The Morgan fingerprint density at radius 1 is 1.20 bits per heavy atom. The molecule has 1 aliphatic carbocycles. The number of halogens is 1. The van der Waals surface area contributed by atoms with E-state index in [0.29, 0.717) is 5.92 Å². The molecule has 2 rings (SSSR count). The molecule has 0 aromatic heterocycles. The lowest BCUT2D eigenvalue weighted by Gasteiger charge is -2.39. The van der Waals surface area contributed by atoms with E-state index in [4.69, 9.17) is 11.6 Å². The summed E-state index contributed by atoms with van der Waals surface area (Å²) in [7, 11) is 0. The van der Waals surface area contributed by atoms with Gasteiger partial charge in [-0.15, -0.1) is 11.6 Å². The third-order valence-corrected chi connectivity index (χ3v) is 5.31. The van der Waals surface area contributed by atoms with Gasteiger partial charge in [-0.1, -0.05) is 45.0 Å². The molecule has 0 spiro atoms. The highest BCUT2D eigenvalue weighted by molar-refractivity contribution is 6.18. The van der Waals surface area contributed by atoms with Gasteiger partial charge in [0.15, 0.2) is 0 Å². The number of hydrogen-bond acceptors (Lipinski definition) is 1. The molecule has 0 aliphatic heterocycles. The van der Waals surface area contributed by atoms with Crippen molar-refractivity contribution in [3.63, 3.8) is 0 Å². The predicted octanol–water partition coefficient (Wildman–Crippen LogP) is 5.09. The largest absolute Gasteiger partial charge is 0.306 e. The molecule has 0 atom stereocenters. The Balaban J connectivity index is 1.93. The van der Waals surface area contributed by atoms with Crippen LogP contribution in [0.25, 0.3) is 0 Å². The zero-order chi connectivity index (χ0) is 14.6. The fourth-order valence-electron chi connectivity index (χ4n) is 2.98. The van der Waals surface area contributed by atoms with Crippen molar-refractivity contribution in [1.82, 2.24) is 5.32 Å². The average molecular weight is 294 g/mol. The summed E-state index contributed by atoms with van der Waals surface area (Å²) in [5.41, 5.74) is 2.93. The zero-order valence-electron chi connectivity index (χ0n) is 13.1. The van der Waals surface area contributed by atoms with Crippen LogP contribution >= 0.6 is 11.6 Å². The standard InChI is InChI=1S/C18H28ClN/c1-14(2)17-6-4-16(5-7-17)12-20-18(13-19)10-8-15(3)9-11-18/h4-7,14-15,20H,8-13H2,1-3H3. The van der Waals surface area contributed by atoms with Crippen LogP contribution in [0.5, 0.6) is 0 Å². The smallest absolute Gasteiger partial charge is 0.0406 e. The van der Waals surface area contributed by atoms with Gasteiger partial charge in [0.25, 0.3) is 0 Å². The summed E-state index contributed by atoms with van der Waals surface area (Å²) in [4.78, 5) is 0. The summed E-state index contributed by atoms with van der Waals surface area (Å²) in [6, 6.07) is 8.99. The van der Waals surface area contributed by atoms with Crippen LogP contribution in [0, 0.1) is 5.92 Å². The molecule has 2 heteroatoms. The second kappa shape index (κ2) is 6.95. The molecule has 0 saturated heterocycles. The first kappa shape index (κ1) is 15.9. The molecular formula is C18H28ClN. The van der Waals surface area contributed by atoms with Gasteiger partial charge in [-0.05, 0) is 48.6 Å². The molecule has 1 aliphatic rings. The van der Waals surface area contributed by atoms with Gasteiger partial charge < -0.3 is 5.32 Å². The molecular weight excluding hydrogens is 266 g/mol. The van der Waals surface area contributed by atoms with Crippen molar-refractivity contribution < 1.29 is 0 Å². The first-order valence-corrected chi connectivity index (χ1v) is 8.48. The van der Waals surface area contributed by atoms with Gasteiger partial charge in [-0.25, -0.2) is 0 Å². The molecule has 20 heavy (non-hydrogen) atoms. The molecule has 0 heterocycles. The van der Waals surface area contributed by atoms with E-state index >= 15 is 0 Å². The quantitative estimate of drug-likeness (QED) is 0.746. The molecule has 1 nitrogen and oxygen atoms in total. The minimum atomic E-state index is 0.158. The van der Waals surface area contributed by atoms with E-state index in [-0.39, 0.29) is 5.54 Å². The van der Waals surface area contributed by atoms with Crippen LogP contribution in [0.15, 0.2) is 24.3 Å². The summed E-state index contributed by atoms with van der Waals surface area (Å²) >= 11 is 6.26. The van der Waals surface area contributed by atoms with E-state index in [2.05, 4.69) is 50.4 Å². The van der Waals surface area contributed by atoms with E-state index in [1.54, 1.807) is 0 Å². The lowest BCUT2D eigenvalue weighted by Crippen LogP contribution is -2.49. The Hall–Kier alpha value is -0.530. The van der Waals surface area contributed by atoms with Crippen molar-refractivity contribution in [3.8, 4) is 0 Å². The molecule has 112 valence electrons. The van der Waals surface area contributed by atoms with Crippen LogP contribution in [0.2, 0.25) is 0 Å². The molecule has 0 radical (unpaired) electrons. The van der Waals surface area contributed by atoms with Crippen LogP contribution < -0.4 is 5.32 Å². The van der Waals surface area contributed by atoms with Crippen LogP contribution in [-0.2, 0) is 6.54 Å². The van der Waals surface area contributed by atoms with Crippen LogP contribution in [0.4, 0.5) is 0 Å². The highest BCUT2D eigenvalue weighted by atomic mass is 35.5. The number of alkyl halides is 1. The van der Waals surface area contributed by atoms with Crippen LogP contribution in [0.3, 0.4) is 0 Å². The number of rotatable bonds is 5. The molecule has 1 saturated carbocycles. The van der Waals surface area contributed by atoms with Crippen molar-refractivity contribution in [3.05, 3.63) is 35.4 Å². The maximum atomic E-state index is 6.26. The Labute approximate surface area is 129 Å². The van der Waals surface area contributed by atoms with Gasteiger partial charge >= 0.3 is 0 Å². The Morgan fingerprint density at radius 3 is 2.30 bits per heavy atom. The molecule has 0 bridgehead atoms. The second-order valence-electron chi connectivity index (χ2n) is 6.85. The summed E-state index contributed by atoms with van der Waals surface area (Å²) in [6.07, 6.45) is 5.02. The summed E-state index contributed by atoms with van der Waals surface area (Å²) in [6.45, 7) is 7.75. The summed E-state index contributed by atoms with van der Waals surface area (Å²) in [5.74, 6) is 2.19. The SMILES string of the molecule is CC1CCC(CCl)(NCc2ccc(C(C)C)cc2)CC1. The predicted molar refractivity (Wildman–Crippen MR) is 88.5 cm³/mol. The van der Waals surface area contributed by atoms with Gasteiger partial charge in [0.1, 0.15) is 0 Å². The first-order valence-electron chi connectivity index (χ1n) is 7.94. The van der Waals surface area contributed by atoms with Gasteiger partial charge in [-0.2, -0.15) is 0 Å². The summed E-state index contributed by atoms with van der Waals surface area (Å²) in [5, 5.41) is 3.74. The highest BCUT2D eigenvalue weighted by Crippen LogP contribution is 2.33. The molecule has 1 N–H and O–H groups in total. The maximum absolute atomic E-state index is 6.26. The third-order valence-electron chi connectivity index (χ3n) is 4.80. The average Bonchev–Trinajstić information content (AvgIpc) is 2.48. The summed E-state index contributed by atoms with van der Waals surface area (Å²) < 4.78 is 0. The molecule has 1 aromatic carbocycles. The highest BCUT2D eigenvalue weighted by Gasteiger charge is 2.32. The van der Waals surface area contributed by atoms with Crippen LogP contribution in [0.1, 0.15) is 63.5 Å². The van der Waals surface area contributed by atoms with Crippen molar-refractivity contribution in [2.75, 3.05) is 5.88 Å². The van der Waals surface area contributed by atoms with Gasteiger partial charge in [0.05, 0.1) is 0 Å². The number of benzene rings is 1. The van der Waals surface area contributed by atoms with Gasteiger partial charge in [0.2, 0.25) is 0 Å². The molecule has 1 fully saturated rings. The lowest BCUT2D eigenvalue weighted by atomic mass is 9.78. The van der Waals surface area contributed by atoms with E-state index in [1.165, 1.54) is 36.8 Å².